The highest BCUT2D eigenvalue weighted by Gasteiger charge is 2.23. The summed E-state index contributed by atoms with van der Waals surface area (Å²) in [6, 6.07) is 18.7. The number of benzene rings is 1. The SMILES string of the molecule is Cc1cc(Nc2cccc([C@@H]3CN(CCc4ccccc4)CCO3)n2)nn1C. The molecule has 1 saturated heterocycles. The molecule has 1 atom stereocenters. The number of morpholine rings is 1. The summed E-state index contributed by atoms with van der Waals surface area (Å²) in [6.07, 6.45) is 1.05. The third-order valence-electron chi connectivity index (χ3n) is 5.18. The maximum absolute atomic E-state index is 6.02. The van der Waals surface area contributed by atoms with Crippen LogP contribution in [0.2, 0.25) is 0 Å². The molecule has 0 amide bonds. The average molecular weight is 377 g/mol. The maximum Gasteiger partial charge on any atom is 0.153 e. The quantitative estimate of drug-likeness (QED) is 0.713. The van der Waals surface area contributed by atoms with Crippen molar-refractivity contribution in [2.24, 2.45) is 7.05 Å². The highest BCUT2D eigenvalue weighted by atomic mass is 16.5. The summed E-state index contributed by atoms with van der Waals surface area (Å²) in [5, 5.41) is 7.73. The lowest BCUT2D eigenvalue weighted by Gasteiger charge is -2.32. The number of rotatable bonds is 6. The molecule has 0 spiro atoms. The summed E-state index contributed by atoms with van der Waals surface area (Å²) in [5.41, 5.74) is 3.44. The molecular weight excluding hydrogens is 350 g/mol. The first-order valence-corrected chi connectivity index (χ1v) is 9.80. The number of nitrogens with one attached hydrogen (secondary N) is 1. The van der Waals surface area contributed by atoms with Gasteiger partial charge in [0.1, 0.15) is 11.9 Å². The summed E-state index contributed by atoms with van der Waals surface area (Å²) in [6.45, 7) is 5.63. The van der Waals surface area contributed by atoms with E-state index in [-0.39, 0.29) is 6.10 Å². The van der Waals surface area contributed by atoms with Crippen molar-refractivity contribution >= 4 is 11.6 Å². The second kappa shape index (κ2) is 8.54. The van der Waals surface area contributed by atoms with Crippen LogP contribution in [-0.2, 0) is 18.2 Å². The van der Waals surface area contributed by atoms with Gasteiger partial charge in [-0.25, -0.2) is 4.98 Å². The Morgan fingerprint density at radius 3 is 2.75 bits per heavy atom. The maximum atomic E-state index is 6.02. The number of hydrogen-bond donors (Lipinski definition) is 1. The number of nitrogens with zero attached hydrogens (tertiary/aromatic N) is 4. The lowest BCUT2D eigenvalue weighted by molar-refractivity contribution is -0.0315. The third kappa shape index (κ3) is 4.58. The highest BCUT2D eigenvalue weighted by Crippen LogP contribution is 2.23. The minimum Gasteiger partial charge on any atom is -0.369 e. The number of hydrogen-bond acceptors (Lipinski definition) is 5. The van der Waals surface area contributed by atoms with E-state index in [1.165, 1.54) is 5.56 Å². The van der Waals surface area contributed by atoms with Gasteiger partial charge >= 0.3 is 0 Å². The molecule has 0 bridgehead atoms. The van der Waals surface area contributed by atoms with Crippen LogP contribution >= 0.6 is 0 Å². The zero-order chi connectivity index (χ0) is 19.3. The van der Waals surface area contributed by atoms with Crippen LogP contribution in [0.15, 0.2) is 54.6 Å². The summed E-state index contributed by atoms with van der Waals surface area (Å²) < 4.78 is 7.87. The molecule has 1 aromatic carbocycles. The number of ether oxygens (including phenoxy) is 1. The summed E-state index contributed by atoms with van der Waals surface area (Å²) in [5.74, 6) is 1.60. The zero-order valence-electron chi connectivity index (χ0n) is 16.5. The molecule has 0 unspecified atom stereocenters. The van der Waals surface area contributed by atoms with Crippen molar-refractivity contribution in [3.05, 3.63) is 71.5 Å². The van der Waals surface area contributed by atoms with Gasteiger partial charge in [-0.2, -0.15) is 5.10 Å². The minimum atomic E-state index is -0.00302. The van der Waals surface area contributed by atoms with Crippen molar-refractivity contribution in [3.63, 3.8) is 0 Å². The fourth-order valence-electron chi connectivity index (χ4n) is 3.47. The third-order valence-corrected chi connectivity index (χ3v) is 5.18. The smallest absolute Gasteiger partial charge is 0.153 e. The largest absolute Gasteiger partial charge is 0.369 e. The first kappa shape index (κ1) is 18.7. The molecule has 6 heteroatoms. The van der Waals surface area contributed by atoms with Gasteiger partial charge in [0.2, 0.25) is 0 Å². The zero-order valence-corrected chi connectivity index (χ0v) is 16.5. The van der Waals surface area contributed by atoms with E-state index in [0.29, 0.717) is 0 Å². The van der Waals surface area contributed by atoms with Crippen molar-refractivity contribution in [2.45, 2.75) is 19.4 Å². The number of aryl methyl sites for hydroxylation is 2. The Balaban J connectivity index is 1.39. The van der Waals surface area contributed by atoms with Crippen LogP contribution in [0, 0.1) is 6.92 Å². The molecular formula is C22H27N5O. The van der Waals surface area contributed by atoms with Crippen LogP contribution < -0.4 is 5.32 Å². The van der Waals surface area contributed by atoms with Crippen LogP contribution in [0.5, 0.6) is 0 Å². The van der Waals surface area contributed by atoms with E-state index in [1.54, 1.807) is 0 Å². The molecule has 4 rings (SSSR count). The van der Waals surface area contributed by atoms with Gasteiger partial charge in [-0.15, -0.1) is 0 Å². The fraction of sp³-hybridized carbons (Fsp3) is 0.364. The van der Waals surface area contributed by atoms with Crippen LogP contribution in [-0.4, -0.2) is 45.9 Å². The lowest BCUT2D eigenvalue weighted by Crippen LogP contribution is -2.39. The average Bonchev–Trinajstić information content (AvgIpc) is 3.04. The molecule has 0 aliphatic carbocycles. The number of pyridine rings is 1. The minimum absolute atomic E-state index is 0.00302. The molecule has 3 heterocycles. The molecule has 28 heavy (non-hydrogen) atoms. The van der Waals surface area contributed by atoms with Crippen molar-refractivity contribution in [1.29, 1.82) is 0 Å². The summed E-state index contributed by atoms with van der Waals surface area (Å²) >= 11 is 0. The van der Waals surface area contributed by atoms with Crippen molar-refractivity contribution in [1.82, 2.24) is 19.7 Å². The van der Waals surface area contributed by atoms with Gasteiger partial charge < -0.3 is 10.1 Å². The molecule has 1 N–H and O–H groups in total. The van der Waals surface area contributed by atoms with Gasteiger partial charge in [-0.3, -0.25) is 9.58 Å². The van der Waals surface area contributed by atoms with Gasteiger partial charge in [0.15, 0.2) is 5.82 Å². The summed E-state index contributed by atoms with van der Waals surface area (Å²) in [7, 11) is 1.93. The van der Waals surface area contributed by atoms with E-state index < -0.39 is 0 Å². The molecule has 0 radical (unpaired) electrons. The monoisotopic (exact) mass is 377 g/mol. The van der Waals surface area contributed by atoms with Gasteiger partial charge in [-0.05, 0) is 31.0 Å². The van der Waals surface area contributed by atoms with Gasteiger partial charge in [0.05, 0.1) is 12.3 Å². The second-order valence-corrected chi connectivity index (χ2v) is 7.26. The van der Waals surface area contributed by atoms with Crippen molar-refractivity contribution < 1.29 is 4.74 Å². The Morgan fingerprint density at radius 1 is 1.11 bits per heavy atom. The van der Waals surface area contributed by atoms with Gasteiger partial charge in [-0.1, -0.05) is 36.4 Å². The number of anilines is 2. The van der Waals surface area contributed by atoms with E-state index in [1.807, 2.05) is 42.9 Å². The molecule has 1 fully saturated rings. The standard InChI is InChI=1S/C22H27N5O/c1-17-15-22(25-26(17)2)24-21-10-6-9-19(23-21)20-16-27(13-14-28-20)12-11-18-7-4-3-5-8-18/h3-10,15,20H,11-14,16H2,1-2H3,(H,23,24,25)/t20-/m0/s1. The Hall–Kier alpha value is -2.70. The van der Waals surface area contributed by atoms with Crippen LogP contribution in [0.4, 0.5) is 11.6 Å². The van der Waals surface area contributed by atoms with Crippen LogP contribution in [0.3, 0.4) is 0 Å². The van der Waals surface area contributed by atoms with Crippen molar-refractivity contribution in [2.75, 3.05) is 31.6 Å². The van der Waals surface area contributed by atoms with E-state index in [9.17, 15) is 0 Å². The molecule has 1 aliphatic heterocycles. The Bertz CT molecular complexity index is 889. The Labute approximate surface area is 166 Å². The fourth-order valence-corrected chi connectivity index (χ4v) is 3.47. The molecule has 1 aliphatic rings. The molecule has 6 nitrogen and oxygen atoms in total. The van der Waals surface area contributed by atoms with Crippen LogP contribution in [0.1, 0.15) is 23.1 Å². The predicted octanol–water partition coefficient (Wildman–Crippen LogP) is 3.48. The molecule has 3 aromatic rings. The van der Waals surface area contributed by atoms with Gasteiger partial charge in [0, 0.05) is 38.4 Å². The Kier molecular flexibility index (Phi) is 5.69. The number of aromatic nitrogens is 3. The van der Waals surface area contributed by atoms with Crippen molar-refractivity contribution in [3.8, 4) is 0 Å². The van der Waals surface area contributed by atoms with E-state index in [2.05, 4.69) is 45.6 Å². The van der Waals surface area contributed by atoms with Crippen LogP contribution in [0.25, 0.3) is 0 Å². The second-order valence-electron chi connectivity index (χ2n) is 7.26. The van der Waals surface area contributed by atoms with E-state index >= 15 is 0 Å². The molecule has 146 valence electrons. The lowest BCUT2D eigenvalue weighted by atomic mass is 10.1. The van der Waals surface area contributed by atoms with E-state index in [4.69, 9.17) is 9.72 Å². The predicted molar refractivity (Wildman–Crippen MR) is 111 cm³/mol. The normalized spacial score (nSPS) is 17.6. The first-order valence-electron chi connectivity index (χ1n) is 9.80. The Morgan fingerprint density at radius 2 is 1.96 bits per heavy atom. The highest BCUT2D eigenvalue weighted by molar-refractivity contribution is 5.52. The van der Waals surface area contributed by atoms with Gasteiger partial charge in [0.25, 0.3) is 0 Å². The molecule has 0 saturated carbocycles. The van der Waals surface area contributed by atoms with E-state index in [0.717, 1.165) is 55.7 Å². The first-order chi connectivity index (χ1) is 13.7. The summed E-state index contributed by atoms with van der Waals surface area (Å²) in [4.78, 5) is 7.23. The topological polar surface area (TPSA) is 55.2 Å². The molecule has 2 aromatic heterocycles.